The number of nitrogens with one attached hydrogen (secondary N) is 1. The minimum absolute atomic E-state index is 0.117. The summed E-state index contributed by atoms with van der Waals surface area (Å²) in [5.74, 6) is -0.842. The first-order valence-corrected chi connectivity index (χ1v) is 8.14. The predicted octanol–water partition coefficient (Wildman–Crippen LogP) is 2.73. The molecule has 1 atom stereocenters. The molecule has 0 saturated carbocycles. The maximum atomic E-state index is 12.5. The van der Waals surface area contributed by atoms with Crippen molar-refractivity contribution in [2.45, 2.75) is 39.7 Å². The van der Waals surface area contributed by atoms with Gasteiger partial charge in [0.05, 0.1) is 5.69 Å². The van der Waals surface area contributed by atoms with Crippen molar-refractivity contribution in [1.82, 2.24) is 9.55 Å². The second kappa shape index (κ2) is 6.51. The van der Waals surface area contributed by atoms with Gasteiger partial charge in [-0.15, -0.1) is 0 Å². The van der Waals surface area contributed by atoms with E-state index < -0.39 is 11.5 Å². The monoisotopic (exact) mass is 340 g/mol. The van der Waals surface area contributed by atoms with E-state index in [4.69, 9.17) is 5.11 Å². The van der Waals surface area contributed by atoms with Crippen LogP contribution < -0.4 is 11.0 Å². The van der Waals surface area contributed by atoms with Crippen molar-refractivity contribution in [2.24, 2.45) is 5.10 Å². The topological polar surface area (TPSA) is 96.6 Å². The van der Waals surface area contributed by atoms with Crippen LogP contribution in [0.5, 0.6) is 0 Å². The third-order valence-electron chi connectivity index (χ3n) is 4.51. The van der Waals surface area contributed by atoms with Gasteiger partial charge in [-0.25, -0.2) is 9.78 Å². The van der Waals surface area contributed by atoms with E-state index in [0.29, 0.717) is 24.4 Å². The van der Waals surface area contributed by atoms with Gasteiger partial charge in [0, 0.05) is 12.2 Å². The smallest absolute Gasteiger partial charge is 0.342 e. The number of carbonyl (C=O) groups is 1. The molecule has 0 amide bonds. The molecule has 1 aromatic heterocycles. The van der Waals surface area contributed by atoms with Crippen LogP contribution in [-0.2, 0) is 0 Å². The molecule has 1 aliphatic rings. The van der Waals surface area contributed by atoms with Crippen LogP contribution in [0.25, 0.3) is 0 Å². The summed E-state index contributed by atoms with van der Waals surface area (Å²) < 4.78 is 1.43. The number of benzene rings is 1. The Morgan fingerprint density at radius 1 is 1.36 bits per heavy atom. The highest BCUT2D eigenvalue weighted by atomic mass is 16.4. The standard InChI is InChI=1S/C18H20N4O3/c1-10-5-4-6-11(2)15(10)21-20-14-8-7-12(3)22-16(14)19-9-13(17(22)23)18(24)25/h4-6,9,12,21H,7-8H2,1-3H3,(H,24,25). The van der Waals surface area contributed by atoms with Crippen molar-refractivity contribution in [3.05, 3.63) is 57.3 Å². The van der Waals surface area contributed by atoms with Gasteiger partial charge < -0.3 is 5.11 Å². The summed E-state index contributed by atoms with van der Waals surface area (Å²) >= 11 is 0. The highest BCUT2D eigenvalue weighted by molar-refractivity contribution is 5.99. The molecule has 1 unspecified atom stereocenters. The number of aryl methyl sites for hydroxylation is 2. The molecule has 1 aromatic carbocycles. The fraction of sp³-hybridized carbons (Fsp3) is 0.333. The number of hydrazone groups is 1. The molecule has 2 heterocycles. The molecular weight excluding hydrogens is 320 g/mol. The van der Waals surface area contributed by atoms with Gasteiger partial charge in [-0.3, -0.25) is 14.8 Å². The van der Waals surface area contributed by atoms with Crippen molar-refractivity contribution >= 4 is 17.4 Å². The van der Waals surface area contributed by atoms with Gasteiger partial charge in [0.1, 0.15) is 11.3 Å². The Bertz CT molecular complexity index is 910. The molecule has 0 saturated heterocycles. The van der Waals surface area contributed by atoms with Gasteiger partial charge in [0.25, 0.3) is 5.56 Å². The number of aromatic nitrogens is 2. The summed E-state index contributed by atoms with van der Waals surface area (Å²) in [5.41, 5.74) is 5.93. The van der Waals surface area contributed by atoms with Gasteiger partial charge in [0.2, 0.25) is 0 Å². The van der Waals surface area contributed by atoms with E-state index in [1.165, 1.54) is 4.57 Å². The lowest BCUT2D eigenvalue weighted by Crippen LogP contribution is -2.37. The minimum atomic E-state index is -1.27. The first kappa shape index (κ1) is 16.9. The molecule has 3 rings (SSSR count). The quantitative estimate of drug-likeness (QED) is 0.838. The highest BCUT2D eigenvalue weighted by Crippen LogP contribution is 2.23. The summed E-state index contributed by atoms with van der Waals surface area (Å²) in [6, 6.07) is 5.85. The first-order valence-electron chi connectivity index (χ1n) is 8.14. The fourth-order valence-electron chi connectivity index (χ4n) is 3.04. The zero-order valence-electron chi connectivity index (χ0n) is 14.4. The van der Waals surface area contributed by atoms with Gasteiger partial charge in [-0.05, 0) is 44.7 Å². The molecule has 0 fully saturated rings. The number of aromatic carboxylic acids is 1. The second-order valence-corrected chi connectivity index (χ2v) is 6.30. The summed E-state index contributed by atoms with van der Waals surface area (Å²) in [5, 5.41) is 13.6. The maximum absolute atomic E-state index is 12.5. The molecule has 0 spiro atoms. The van der Waals surface area contributed by atoms with Gasteiger partial charge in [-0.2, -0.15) is 5.10 Å². The Morgan fingerprint density at radius 3 is 2.68 bits per heavy atom. The van der Waals surface area contributed by atoms with Crippen LogP contribution in [0.4, 0.5) is 5.69 Å². The molecular formula is C18H20N4O3. The molecule has 1 aliphatic heterocycles. The number of hydrogen-bond donors (Lipinski definition) is 2. The molecule has 130 valence electrons. The molecule has 0 aliphatic carbocycles. The number of anilines is 1. The lowest BCUT2D eigenvalue weighted by molar-refractivity contribution is 0.0693. The van der Waals surface area contributed by atoms with E-state index in [0.717, 1.165) is 23.0 Å². The number of carboxylic acid groups (broad SMARTS) is 1. The van der Waals surface area contributed by atoms with Crippen LogP contribution in [0.15, 0.2) is 34.3 Å². The molecule has 25 heavy (non-hydrogen) atoms. The van der Waals surface area contributed by atoms with E-state index in [-0.39, 0.29) is 11.6 Å². The average Bonchev–Trinajstić information content (AvgIpc) is 2.56. The molecule has 0 radical (unpaired) electrons. The summed E-state index contributed by atoms with van der Waals surface area (Å²) in [6.45, 7) is 5.87. The SMILES string of the molecule is Cc1cccc(C)c1NN=C1CCC(C)n2c1ncc(C(=O)O)c2=O. The third-order valence-corrected chi connectivity index (χ3v) is 4.51. The summed E-state index contributed by atoms with van der Waals surface area (Å²) in [4.78, 5) is 27.8. The largest absolute Gasteiger partial charge is 0.477 e. The number of hydrogen-bond acceptors (Lipinski definition) is 5. The predicted molar refractivity (Wildman–Crippen MR) is 95.5 cm³/mol. The van der Waals surface area contributed by atoms with Gasteiger partial charge in [0.15, 0.2) is 5.82 Å². The van der Waals surface area contributed by atoms with Crippen LogP contribution in [0.2, 0.25) is 0 Å². The Balaban J connectivity index is 2.04. The van der Waals surface area contributed by atoms with Crippen molar-refractivity contribution in [1.29, 1.82) is 0 Å². The van der Waals surface area contributed by atoms with Crippen LogP contribution in [0, 0.1) is 13.8 Å². The maximum Gasteiger partial charge on any atom is 0.342 e. The minimum Gasteiger partial charge on any atom is -0.477 e. The number of para-hydroxylation sites is 1. The van der Waals surface area contributed by atoms with E-state index in [2.05, 4.69) is 15.5 Å². The zero-order valence-corrected chi connectivity index (χ0v) is 14.4. The normalized spacial score (nSPS) is 18.0. The van der Waals surface area contributed by atoms with Crippen molar-refractivity contribution < 1.29 is 9.90 Å². The van der Waals surface area contributed by atoms with Crippen molar-refractivity contribution in [3.63, 3.8) is 0 Å². The van der Waals surface area contributed by atoms with Gasteiger partial charge in [-0.1, -0.05) is 18.2 Å². The van der Waals surface area contributed by atoms with Crippen LogP contribution in [0.1, 0.15) is 53.1 Å². The zero-order chi connectivity index (χ0) is 18.1. The number of rotatable bonds is 3. The van der Waals surface area contributed by atoms with E-state index in [9.17, 15) is 9.59 Å². The average molecular weight is 340 g/mol. The van der Waals surface area contributed by atoms with Crippen LogP contribution >= 0.6 is 0 Å². The molecule has 0 bridgehead atoms. The van der Waals surface area contributed by atoms with Gasteiger partial charge >= 0.3 is 5.97 Å². The lowest BCUT2D eigenvalue weighted by Gasteiger charge is -2.25. The summed E-state index contributed by atoms with van der Waals surface area (Å²) in [7, 11) is 0. The first-order chi connectivity index (χ1) is 11.9. The Morgan fingerprint density at radius 2 is 2.04 bits per heavy atom. The van der Waals surface area contributed by atoms with Crippen LogP contribution in [0.3, 0.4) is 0 Å². The fourth-order valence-corrected chi connectivity index (χ4v) is 3.04. The number of fused-ring (bicyclic) bond motifs is 1. The third kappa shape index (κ3) is 3.05. The second-order valence-electron chi connectivity index (χ2n) is 6.30. The van der Waals surface area contributed by atoms with E-state index >= 15 is 0 Å². The Hall–Kier alpha value is -2.96. The number of nitrogens with zero attached hydrogens (tertiary/aromatic N) is 3. The molecule has 7 heteroatoms. The molecule has 7 nitrogen and oxygen atoms in total. The highest BCUT2D eigenvalue weighted by Gasteiger charge is 2.26. The van der Waals surface area contributed by atoms with Crippen molar-refractivity contribution in [2.75, 3.05) is 5.43 Å². The van der Waals surface area contributed by atoms with Crippen molar-refractivity contribution in [3.8, 4) is 0 Å². The van der Waals surface area contributed by atoms with Crippen LogP contribution in [-0.4, -0.2) is 26.3 Å². The lowest BCUT2D eigenvalue weighted by atomic mass is 10.0. The Labute approximate surface area is 145 Å². The number of carboxylic acids is 1. The molecule has 2 N–H and O–H groups in total. The molecule has 2 aromatic rings. The van der Waals surface area contributed by atoms with E-state index in [1.807, 2.05) is 39.0 Å². The Kier molecular flexibility index (Phi) is 4.39. The van der Waals surface area contributed by atoms with E-state index in [1.54, 1.807) is 0 Å². The summed E-state index contributed by atoms with van der Waals surface area (Å²) in [6.07, 6.45) is 2.48.